The number of sulfone groups is 1. The van der Waals surface area contributed by atoms with Crippen molar-refractivity contribution >= 4 is 9.84 Å². The van der Waals surface area contributed by atoms with E-state index in [0.717, 1.165) is 6.26 Å². The van der Waals surface area contributed by atoms with Gasteiger partial charge in [0.05, 0.1) is 6.07 Å². The average Bonchev–Trinajstić information content (AvgIpc) is 2.77. The van der Waals surface area contributed by atoms with Crippen molar-refractivity contribution in [3.8, 4) is 17.6 Å². The molecule has 7 heteroatoms. The Morgan fingerprint density at radius 3 is 2.68 bits per heavy atom. The highest BCUT2D eigenvalue weighted by Crippen LogP contribution is 2.54. The van der Waals surface area contributed by atoms with Gasteiger partial charge in [-0.1, -0.05) is 6.07 Å². The Kier molecular flexibility index (Phi) is 2.34. The van der Waals surface area contributed by atoms with Crippen LogP contribution in [0, 0.1) is 11.3 Å². The minimum atomic E-state index is -3.38. The molecule has 0 saturated heterocycles. The first-order valence-corrected chi connectivity index (χ1v) is 7.62. The number of benzene rings is 1. The predicted octanol–water partition coefficient (Wildman–Crippen LogP) is 0.147. The third-order valence-electron chi connectivity index (χ3n) is 3.59. The van der Waals surface area contributed by atoms with E-state index in [0.29, 0.717) is 17.1 Å². The second-order valence-corrected chi connectivity index (χ2v) is 7.05. The summed E-state index contributed by atoms with van der Waals surface area (Å²) in [7, 11) is -3.38. The topological polar surface area (TPSA) is 102 Å². The maximum absolute atomic E-state index is 11.7. The fourth-order valence-corrected chi connectivity index (χ4v) is 4.37. The van der Waals surface area contributed by atoms with Crippen molar-refractivity contribution in [3.63, 3.8) is 0 Å². The van der Waals surface area contributed by atoms with Crippen LogP contribution < -0.4 is 15.2 Å². The van der Waals surface area contributed by atoms with Crippen molar-refractivity contribution in [2.45, 2.75) is 16.7 Å². The lowest BCUT2D eigenvalue weighted by atomic mass is 10.1. The maximum atomic E-state index is 11.7. The average molecular weight is 280 g/mol. The molecule has 1 aliphatic carbocycles. The minimum absolute atomic E-state index is 0.144. The van der Waals surface area contributed by atoms with E-state index in [9.17, 15) is 8.42 Å². The van der Waals surface area contributed by atoms with Crippen LogP contribution in [0.25, 0.3) is 0 Å². The summed E-state index contributed by atoms with van der Waals surface area (Å²) in [5, 5.41) is 8.26. The normalized spacial score (nSPS) is 31.8. The molecule has 1 saturated carbocycles. The molecule has 2 N–H and O–H groups in total. The quantitative estimate of drug-likeness (QED) is 0.827. The van der Waals surface area contributed by atoms with Gasteiger partial charge in [-0.05, 0) is 17.7 Å². The molecule has 0 aromatic heterocycles. The second-order valence-electron chi connectivity index (χ2n) is 4.89. The van der Waals surface area contributed by atoms with Crippen LogP contribution in [0.15, 0.2) is 18.2 Å². The number of hydrogen-bond acceptors (Lipinski definition) is 6. The molecule has 2 aliphatic rings. The van der Waals surface area contributed by atoms with Crippen LogP contribution >= 0.6 is 0 Å². The van der Waals surface area contributed by atoms with Gasteiger partial charge in [0.25, 0.3) is 0 Å². The molecule has 19 heavy (non-hydrogen) atoms. The van der Waals surface area contributed by atoms with E-state index in [2.05, 4.69) is 0 Å². The van der Waals surface area contributed by atoms with Gasteiger partial charge in [-0.3, -0.25) is 0 Å². The molecule has 0 amide bonds. The van der Waals surface area contributed by atoms with Crippen molar-refractivity contribution < 1.29 is 17.9 Å². The zero-order valence-corrected chi connectivity index (χ0v) is 11.0. The van der Waals surface area contributed by atoms with E-state index in [1.165, 1.54) is 0 Å². The first-order valence-electron chi connectivity index (χ1n) is 5.66. The first kappa shape index (κ1) is 12.3. The highest BCUT2D eigenvalue weighted by molar-refractivity contribution is 7.91. The van der Waals surface area contributed by atoms with Crippen LogP contribution in [-0.4, -0.2) is 32.3 Å². The summed E-state index contributed by atoms with van der Waals surface area (Å²) in [6.45, 7) is 0.144. The summed E-state index contributed by atoms with van der Waals surface area (Å²) >= 11 is 0. The lowest BCUT2D eigenvalue weighted by Gasteiger charge is -2.02. The Hall–Kier alpha value is -1.78. The Balaban J connectivity index is 2.02. The number of nitriles is 1. The van der Waals surface area contributed by atoms with E-state index in [1.807, 2.05) is 6.07 Å². The lowest BCUT2D eigenvalue weighted by molar-refractivity contribution is 0.174. The number of nitrogens with zero attached hydrogens (tertiary/aromatic N) is 1. The third kappa shape index (κ3) is 1.68. The summed E-state index contributed by atoms with van der Waals surface area (Å²) in [5.41, 5.74) is 5.21. The third-order valence-corrected chi connectivity index (χ3v) is 5.17. The standard InChI is InChI=1S/C12H12N2O4S/c1-19(15,16)11-10(12(11,14)5-13)7-2-3-8-9(4-7)18-6-17-8/h2-4,10-11H,6,14H2,1H3/t10-,11+,12+/m1/s1. The highest BCUT2D eigenvalue weighted by atomic mass is 32.2. The molecule has 1 fully saturated rings. The molecule has 1 aromatic carbocycles. The molecule has 6 nitrogen and oxygen atoms in total. The monoisotopic (exact) mass is 280 g/mol. The van der Waals surface area contributed by atoms with Crippen LogP contribution in [0.4, 0.5) is 0 Å². The summed E-state index contributed by atoms with van der Waals surface area (Å²) < 4.78 is 33.8. The number of ether oxygens (including phenoxy) is 2. The van der Waals surface area contributed by atoms with Crippen molar-refractivity contribution in [2.24, 2.45) is 5.73 Å². The van der Waals surface area contributed by atoms with Gasteiger partial charge in [0.15, 0.2) is 21.3 Å². The Morgan fingerprint density at radius 1 is 1.42 bits per heavy atom. The van der Waals surface area contributed by atoms with Gasteiger partial charge in [0.2, 0.25) is 6.79 Å². The highest BCUT2D eigenvalue weighted by Gasteiger charge is 2.69. The zero-order valence-electron chi connectivity index (χ0n) is 10.2. The van der Waals surface area contributed by atoms with Crippen molar-refractivity contribution in [3.05, 3.63) is 23.8 Å². The van der Waals surface area contributed by atoms with Gasteiger partial charge in [0.1, 0.15) is 10.8 Å². The fraction of sp³-hybridized carbons (Fsp3) is 0.417. The largest absolute Gasteiger partial charge is 0.454 e. The van der Waals surface area contributed by atoms with Gasteiger partial charge in [-0.15, -0.1) is 0 Å². The van der Waals surface area contributed by atoms with Crippen LogP contribution in [0.3, 0.4) is 0 Å². The van der Waals surface area contributed by atoms with Gasteiger partial charge in [-0.25, -0.2) is 8.42 Å². The molecule has 0 unspecified atom stereocenters. The van der Waals surface area contributed by atoms with Crippen LogP contribution in [0.1, 0.15) is 11.5 Å². The van der Waals surface area contributed by atoms with Gasteiger partial charge in [-0.2, -0.15) is 5.26 Å². The molecule has 1 heterocycles. The molecular formula is C12H12N2O4S. The molecule has 1 aromatic rings. The van der Waals surface area contributed by atoms with Crippen LogP contribution in [-0.2, 0) is 9.84 Å². The molecule has 0 radical (unpaired) electrons. The predicted molar refractivity (Wildman–Crippen MR) is 66.5 cm³/mol. The van der Waals surface area contributed by atoms with Crippen molar-refractivity contribution in [1.29, 1.82) is 5.26 Å². The molecule has 3 rings (SSSR count). The van der Waals surface area contributed by atoms with E-state index in [4.69, 9.17) is 20.5 Å². The summed E-state index contributed by atoms with van der Waals surface area (Å²) in [4.78, 5) is 0. The fourth-order valence-electron chi connectivity index (χ4n) is 2.67. The lowest BCUT2D eigenvalue weighted by Crippen LogP contribution is -2.28. The van der Waals surface area contributed by atoms with Crippen molar-refractivity contribution in [2.75, 3.05) is 13.0 Å². The van der Waals surface area contributed by atoms with Gasteiger partial charge < -0.3 is 15.2 Å². The Morgan fingerprint density at radius 2 is 2.11 bits per heavy atom. The van der Waals surface area contributed by atoms with Gasteiger partial charge in [0, 0.05) is 12.2 Å². The molecular weight excluding hydrogens is 268 g/mol. The Bertz CT molecular complexity index is 694. The number of nitrogens with two attached hydrogens (primary N) is 1. The zero-order chi connectivity index (χ0) is 13.8. The van der Waals surface area contributed by atoms with Crippen molar-refractivity contribution in [1.82, 2.24) is 0 Å². The van der Waals surface area contributed by atoms with E-state index < -0.39 is 26.5 Å². The maximum Gasteiger partial charge on any atom is 0.231 e. The van der Waals surface area contributed by atoms with Gasteiger partial charge >= 0.3 is 0 Å². The molecule has 0 spiro atoms. The Labute approximate surface area is 110 Å². The molecule has 1 aliphatic heterocycles. The SMILES string of the molecule is CS(=O)(=O)[C@H]1[C@@H](c2ccc3c(c2)OCO3)[C@@]1(N)C#N. The summed E-state index contributed by atoms with van der Waals surface area (Å²) in [5.74, 6) is 0.638. The van der Waals surface area contributed by atoms with Crippen LogP contribution in [0.2, 0.25) is 0 Å². The number of fused-ring (bicyclic) bond motifs is 1. The second kappa shape index (κ2) is 3.62. The molecule has 3 atom stereocenters. The number of rotatable bonds is 2. The van der Waals surface area contributed by atoms with E-state index in [1.54, 1.807) is 18.2 Å². The van der Waals surface area contributed by atoms with E-state index in [-0.39, 0.29) is 6.79 Å². The molecule has 100 valence electrons. The number of hydrogen-bond donors (Lipinski definition) is 1. The summed E-state index contributed by atoms with van der Waals surface area (Å²) in [6, 6.07) is 7.03. The minimum Gasteiger partial charge on any atom is -0.454 e. The van der Waals surface area contributed by atoms with E-state index >= 15 is 0 Å². The molecule has 0 bridgehead atoms. The van der Waals surface area contributed by atoms with Crippen LogP contribution in [0.5, 0.6) is 11.5 Å². The first-order chi connectivity index (χ1) is 8.88. The summed E-state index contributed by atoms with van der Waals surface area (Å²) in [6.07, 6.45) is 1.10. The smallest absolute Gasteiger partial charge is 0.231 e.